The minimum atomic E-state index is -0.626. The number of carbonyl (C=O) groups excluding carboxylic acids is 2. The maximum absolute atomic E-state index is 13.7. The summed E-state index contributed by atoms with van der Waals surface area (Å²) in [6.07, 6.45) is 0.556. The Bertz CT molecular complexity index is 564. The van der Waals surface area contributed by atoms with Crippen molar-refractivity contribution >= 4 is 23.4 Å². The molecular formula is C14H16ClFN2O2. The van der Waals surface area contributed by atoms with E-state index in [1.54, 1.807) is 14.0 Å². The third kappa shape index (κ3) is 2.63. The molecule has 20 heavy (non-hydrogen) atoms. The summed E-state index contributed by atoms with van der Waals surface area (Å²) in [5.41, 5.74) is -0.682. The Morgan fingerprint density at radius 3 is 2.80 bits per heavy atom. The van der Waals surface area contributed by atoms with Gasteiger partial charge in [-0.25, -0.2) is 4.39 Å². The zero-order valence-electron chi connectivity index (χ0n) is 11.4. The van der Waals surface area contributed by atoms with Gasteiger partial charge in [-0.15, -0.1) is 0 Å². The summed E-state index contributed by atoms with van der Waals surface area (Å²) in [7, 11) is 1.56. The van der Waals surface area contributed by atoms with Gasteiger partial charge in [0.05, 0.1) is 11.0 Å². The van der Waals surface area contributed by atoms with Gasteiger partial charge in [0.25, 0.3) is 5.91 Å². The smallest absolute Gasteiger partial charge is 0.256 e. The van der Waals surface area contributed by atoms with Crippen LogP contribution in [0, 0.1) is 11.2 Å². The lowest BCUT2D eigenvalue weighted by Gasteiger charge is -2.22. The van der Waals surface area contributed by atoms with E-state index in [1.165, 1.54) is 23.1 Å². The van der Waals surface area contributed by atoms with Crippen molar-refractivity contribution in [1.29, 1.82) is 0 Å². The number of nitrogens with one attached hydrogen (secondary N) is 1. The van der Waals surface area contributed by atoms with Crippen molar-refractivity contribution in [3.63, 3.8) is 0 Å². The monoisotopic (exact) mass is 298 g/mol. The Kier molecular flexibility index (Phi) is 3.99. The topological polar surface area (TPSA) is 49.4 Å². The molecule has 0 spiro atoms. The Hall–Kier alpha value is -1.62. The van der Waals surface area contributed by atoms with Crippen molar-refractivity contribution in [2.75, 3.05) is 20.1 Å². The summed E-state index contributed by atoms with van der Waals surface area (Å²) < 4.78 is 13.7. The van der Waals surface area contributed by atoms with Gasteiger partial charge in [-0.1, -0.05) is 11.6 Å². The number of likely N-dealkylation sites (tertiary alicyclic amines) is 1. The first-order chi connectivity index (χ1) is 9.37. The second-order valence-corrected chi connectivity index (χ2v) is 5.68. The van der Waals surface area contributed by atoms with Gasteiger partial charge in [-0.05, 0) is 31.5 Å². The van der Waals surface area contributed by atoms with Crippen LogP contribution in [0.25, 0.3) is 0 Å². The van der Waals surface area contributed by atoms with Gasteiger partial charge in [0.1, 0.15) is 5.82 Å². The van der Waals surface area contributed by atoms with E-state index in [9.17, 15) is 14.0 Å². The highest BCUT2D eigenvalue weighted by atomic mass is 35.5. The third-order valence-electron chi connectivity index (χ3n) is 3.69. The zero-order valence-corrected chi connectivity index (χ0v) is 12.1. The lowest BCUT2D eigenvalue weighted by atomic mass is 9.89. The number of benzene rings is 1. The molecule has 1 unspecified atom stereocenters. The molecule has 0 aliphatic carbocycles. The van der Waals surface area contributed by atoms with E-state index in [4.69, 9.17) is 11.6 Å². The molecule has 1 atom stereocenters. The summed E-state index contributed by atoms with van der Waals surface area (Å²) in [6.45, 7) is 2.50. The summed E-state index contributed by atoms with van der Waals surface area (Å²) >= 11 is 5.79. The highest BCUT2D eigenvalue weighted by molar-refractivity contribution is 6.31. The van der Waals surface area contributed by atoms with Crippen LogP contribution in [0.2, 0.25) is 5.02 Å². The molecule has 2 amide bonds. The summed E-state index contributed by atoms with van der Waals surface area (Å²) in [4.78, 5) is 25.6. The van der Waals surface area contributed by atoms with Crippen LogP contribution in [0.4, 0.5) is 4.39 Å². The second-order valence-electron chi connectivity index (χ2n) is 5.24. The fraction of sp³-hybridized carbons (Fsp3) is 0.429. The average molecular weight is 299 g/mol. The number of hydrogen-bond acceptors (Lipinski definition) is 2. The lowest BCUT2D eigenvalue weighted by Crippen LogP contribution is -2.40. The summed E-state index contributed by atoms with van der Waals surface area (Å²) in [5.74, 6) is -1.15. The van der Waals surface area contributed by atoms with Crippen LogP contribution in [0.1, 0.15) is 23.7 Å². The Labute approximate surface area is 121 Å². The number of hydrogen-bond donors (Lipinski definition) is 1. The van der Waals surface area contributed by atoms with E-state index in [0.717, 1.165) is 0 Å². The quantitative estimate of drug-likeness (QED) is 0.909. The molecule has 0 aromatic heterocycles. The maximum Gasteiger partial charge on any atom is 0.256 e. The van der Waals surface area contributed by atoms with Crippen molar-refractivity contribution in [3.05, 3.63) is 34.6 Å². The first-order valence-electron chi connectivity index (χ1n) is 6.34. The highest BCUT2D eigenvalue weighted by Gasteiger charge is 2.42. The van der Waals surface area contributed by atoms with Crippen molar-refractivity contribution in [3.8, 4) is 0 Å². The molecule has 1 aliphatic rings. The van der Waals surface area contributed by atoms with Gasteiger partial charge in [-0.3, -0.25) is 9.59 Å². The molecule has 1 heterocycles. The molecular weight excluding hydrogens is 283 g/mol. The van der Waals surface area contributed by atoms with E-state index in [1.807, 2.05) is 0 Å². The molecule has 1 aromatic carbocycles. The first-order valence-corrected chi connectivity index (χ1v) is 6.72. The molecule has 2 rings (SSSR count). The van der Waals surface area contributed by atoms with Crippen LogP contribution in [-0.2, 0) is 4.79 Å². The predicted octanol–water partition coefficient (Wildman–Crippen LogP) is 2.08. The summed E-state index contributed by atoms with van der Waals surface area (Å²) in [6, 6.07) is 3.88. The molecule has 0 bridgehead atoms. The SMILES string of the molecule is CNC(=O)C1(C)CCN(C(=O)c2cc(Cl)ccc2F)C1. The van der Waals surface area contributed by atoms with Gasteiger partial charge in [0.15, 0.2) is 0 Å². The lowest BCUT2D eigenvalue weighted by molar-refractivity contribution is -0.128. The maximum atomic E-state index is 13.7. The van der Waals surface area contributed by atoms with Crippen LogP contribution < -0.4 is 5.32 Å². The minimum Gasteiger partial charge on any atom is -0.359 e. The largest absolute Gasteiger partial charge is 0.359 e. The molecule has 1 aliphatic heterocycles. The van der Waals surface area contributed by atoms with Crippen molar-refractivity contribution < 1.29 is 14.0 Å². The number of rotatable bonds is 2. The Balaban J connectivity index is 2.20. The van der Waals surface area contributed by atoms with Crippen molar-refractivity contribution in [2.45, 2.75) is 13.3 Å². The summed E-state index contributed by atoms with van der Waals surface area (Å²) in [5, 5.41) is 2.90. The number of amides is 2. The minimum absolute atomic E-state index is 0.0568. The highest BCUT2D eigenvalue weighted by Crippen LogP contribution is 2.31. The molecule has 108 valence electrons. The van der Waals surface area contributed by atoms with E-state index < -0.39 is 17.1 Å². The van der Waals surface area contributed by atoms with Gasteiger partial charge < -0.3 is 10.2 Å². The molecule has 1 saturated heterocycles. The fourth-order valence-electron chi connectivity index (χ4n) is 2.45. The van der Waals surface area contributed by atoms with E-state index in [2.05, 4.69) is 5.32 Å². The Morgan fingerprint density at radius 2 is 2.15 bits per heavy atom. The molecule has 0 radical (unpaired) electrons. The van der Waals surface area contributed by atoms with Crippen LogP contribution >= 0.6 is 11.6 Å². The molecule has 1 fully saturated rings. The van der Waals surface area contributed by atoms with Crippen molar-refractivity contribution in [1.82, 2.24) is 10.2 Å². The van der Waals surface area contributed by atoms with Crippen LogP contribution in [0.3, 0.4) is 0 Å². The van der Waals surface area contributed by atoms with E-state index >= 15 is 0 Å². The van der Waals surface area contributed by atoms with Crippen LogP contribution in [0.5, 0.6) is 0 Å². The van der Waals surface area contributed by atoms with Crippen LogP contribution in [0.15, 0.2) is 18.2 Å². The van der Waals surface area contributed by atoms with Gasteiger partial charge in [0, 0.05) is 25.2 Å². The standard InChI is InChI=1S/C14H16ClFN2O2/c1-14(13(20)17-2)5-6-18(8-14)12(19)10-7-9(15)3-4-11(10)16/h3-4,7H,5-6,8H2,1-2H3,(H,17,20). The van der Waals surface area contributed by atoms with Gasteiger partial charge in [0.2, 0.25) is 5.91 Å². The molecule has 0 saturated carbocycles. The van der Waals surface area contributed by atoms with Crippen LogP contribution in [-0.4, -0.2) is 36.9 Å². The predicted molar refractivity (Wildman–Crippen MR) is 74.1 cm³/mol. The second kappa shape index (κ2) is 5.40. The third-order valence-corrected chi connectivity index (χ3v) is 3.93. The molecule has 1 N–H and O–H groups in total. The number of halogens is 2. The average Bonchev–Trinajstić information content (AvgIpc) is 2.83. The molecule has 4 nitrogen and oxygen atoms in total. The molecule has 6 heteroatoms. The van der Waals surface area contributed by atoms with E-state index in [-0.39, 0.29) is 18.0 Å². The van der Waals surface area contributed by atoms with E-state index in [0.29, 0.717) is 18.0 Å². The van der Waals surface area contributed by atoms with Gasteiger partial charge >= 0.3 is 0 Å². The normalized spacial score (nSPS) is 21.9. The van der Waals surface area contributed by atoms with Crippen molar-refractivity contribution in [2.24, 2.45) is 5.41 Å². The Morgan fingerprint density at radius 1 is 1.45 bits per heavy atom. The molecule has 1 aromatic rings. The fourth-order valence-corrected chi connectivity index (χ4v) is 2.63. The first kappa shape index (κ1) is 14.8. The van der Waals surface area contributed by atoms with Gasteiger partial charge in [-0.2, -0.15) is 0 Å². The number of carbonyl (C=O) groups is 2. The number of nitrogens with zero attached hydrogens (tertiary/aromatic N) is 1. The zero-order chi connectivity index (χ0) is 14.9.